The number of rotatable bonds is 3. The molecule has 1 saturated heterocycles. The van der Waals surface area contributed by atoms with Crippen LogP contribution in [0.3, 0.4) is 0 Å². The van der Waals surface area contributed by atoms with Crippen molar-refractivity contribution in [2.75, 3.05) is 18.8 Å². The first-order valence-electron chi connectivity index (χ1n) is 7.56. The largest absolute Gasteiger partial charge is 0.383 e. The molecule has 1 aliphatic heterocycles. The monoisotopic (exact) mass is 296 g/mol. The fraction of sp³-hybridized carbons (Fsp3) is 0.353. The van der Waals surface area contributed by atoms with Gasteiger partial charge in [-0.25, -0.2) is 9.97 Å². The first kappa shape index (κ1) is 14.5. The van der Waals surface area contributed by atoms with Gasteiger partial charge >= 0.3 is 0 Å². The maximum Gasteiger partial charge on any atom is 0.259 e. The van der Waals surface area contributed by atoms with Gasteiger partial charge in [-0.2, -0.15) is 0 Å². The Morgan fingerprint density at radius 3 is 2.86 bits per heavy atom. The summed E-state index contributed by atoms with van der Waals surface area (Å²) in [6.07, 6.45) is 3.56. The molecule has 1 aromatic carbocycles. The number of benzene rings is 1. The lowest BCUT2D eigenvalue weighted by Gasteiger charge is -2.17. The molecule has 5 nitrogen and oxygen atoms in total. The van der Waals surface area contributed by atoms with Crippen LogP contribution in [0.4, 0.5) is 5.82 Å². The van der Waals surface area contributed by atoms with E-state index in [9.17, 15) is 4.79 Å². The molecule has 0 saturated carbocycles. The Morgan fingerprint density at radius 2 is 2.14 bits per heavy atom. The number of nitrogens with zero attached hydrogens (tertiary/aromatic N) is 3. The zero-order valence-corrected chi connectivity index (χ0v) is 12.7. The Hall–Kier alpha value is -2.43. The molecular formula is C17H20N4O. The molecule has 0 spiro atoms. The normalized spacial score (nSPS) is 17.7. The lowest BCUT2D eigenvalue weighted by molar-refractivity contribution is 0.0787. The fourth-order valence-electron chi connectivity index (χ4n) is 2.95. The zero-order valence-electron chi connectivity index (χ0n) is 12.7. The SMILES string of the molecule is Cc1ncc(C(=O)N2CCC(Cc3ccccc3)C2)c(N)n1. The lowest BCUT2D eigenvalue weighted by Crippen LogP contribution is -2.30. The molecule has 0 aliphatic carbocycles. The standard InChI is InChI=1S/C17H20N4O/c1-12-19-10-15(16(18)20-12)17(22)21-8-7-14(11-21)9-13-5-3-2-4-6-13/h2-6,10,14H,7-9,11H2,1H3,(H2,18,19,20). The predicted octanol–water partition coefficient (Wildman–Crippen LogP) is 2.07. The molecule has 2 heterocycles. The van der Waals surface area contributed by atoms with Gasteiger partial charge in [-0.3, -0.25) is 4.79 Å². The van der Waals surface area contributed by atoms with Crippen molar-refractivity contribution in [2.45, 2.75) is 19.8 Å². The van der Waals surface area contributed by atoms with Gasteiger partial charge in [0.1, 0.15) is 17.2 Å². The average Bonchev–Trinajstić information content (AvgIpc) is 2.96. The van der Waals surface area contributed by atoms with Crippen LogP contribution in [-0.2, 0) is 6.42 Å². The summed E-state index contributed by atoms with van der Waals surface area (Å²) < 4.78 is 0. The van der Waals surface area contributed by atoms with E-state index in [2.05, 4.69) is 34.2 Å². The van der Waals surface area contributed by atoms with E-state index in [1.165, 1.54) is 11.8 Å². The number of aryl methyl sites for hydroxylation is 1. The second kappa shape index (κ2) is 6.13. The van der Waals surface area contributed by atoms with E-state index in [1.807, 2.05) is 11.0 Å². The summed E-state index contributed by atoms with van der Waals surface area (Å²) in [6, 6.07) is 10.4. The maximum absolute atomic E-state index is 12.5. The van der Waals surface area contributed by atoms with Crippen LogP contribution < -0.4 is 5.73 Å². The number of aromatic nitrogens is 2. The lowest BCUT2D eigenvalue weighted by atomic mass is 9.99. The van der Waals surface area contributed by atoms with Gasteiger partial charge in [-0.05, 0) is 31.2 Å². The summed E-state index contributed by atoms with van der Waals surface area (Å²) in [5.74, 6) is 1.29. The molecule has 1 aliphatic rings. The first-order chi connectivity index (χ1) is 10.6. The van der Waals surface area contributed by atoms with Crippen LogP contribution in [-0.4, -0.2) is 33.9 Å². The number of likely N-dealkylation sites (tertiary alicyclic amines) is 1. The van der Waals surface area contributed by atoms with Crippen LogP contribution in [0.25, 0.3) is 0 Å². The number of hydrogen-bond donors (Lipinski definition) is 1. The van der Waals surface area contributed by atoms with Crippen molar-refractivity contribution in [3.63, 3.8) is 0 Å². The molecule has 5 heteroatoms. The molecule has 3 rings (SSSR count). The zero-order chi connectivity index (χ0) is 15.5. The molecule has 0 bridgehead atoms. The van der Waals surface area contributed by atoms with Gasteiger partial charge in [0.25, 0.3) is 5.91 Å². The predicted molar refractivity (Wildman–Crippen MR) is 85.3 cm³/mol. The van der Waals surface area contributed by atoms with E-state index >= 15 is 0 Å². The second-order valence-electron chi connectivity index (χ2n) is 5.81. The van der Waals surface area contributed by atoms with E-state index in [-0.39, 0.29) is 11.7 Å². The number of amides is 1. The summed E-state index contributed by atoms with van der Waals surface area (Å²) in [5, 5.41) is 0. The fourth-order valence-corrected chi connectivity index (χ4v) is 2.95. The number of carbonyl (C=O) groups is 1. The van der Waals surface area contributed by atoms with E-state index in [4.69, 9.17) is 5.73 Å². The molecule has 1 amide bonds. The molecular weight excluding hydrogens is 276 g/mol. The van der Waals surface area contributed by atoms with Crippen molar-refractivity contribution >= 4 is 11.7 Å². The Balaban J connectivity index is 1.66. The topological polar surface area (TPSA) is 72.1 Å². The van der Waals surface area contributed by atoms with Gasteiger partial charge in [-0.1, -0.05) is 30.3 Å². The maximum atomic E-state index is 12.5. The Labute approximate surface area is 130 Å². The second-order valence-corrected chi connectivity index (χ2v) is 5.81. The third kappa shape index (κ3) is 3.08. The van der Waals surface area contributed by atoms with Crippen molar-refractivity contribution in [1.82, 2.24) is 14.9 Å². The van der Waals surface area contributed by atoms with Crippen molar-refractivity contribution < 1.29 is 4.79 Å². The van der Waals surface area contributed by atoms with Crippen LogP contribution in [0.5, 0.6) is 0 Å². The van der Waals surface area contributed by atoms with E-state index in [0.717, 1.165) is 25.9 Å². The third-order valence-corrected chi connectivity index (χ3v) is 4.11. The quantitative estimate of drug-likeness (QED) is 0.941. The third-order valence-electron chi connectivity index (χ3n) is 4.11. The summed E-state index contributed by atoms with van der Waals surface area (Å²) in [4.78, 5) is 22.6. The average molecular weight is 296 g/mol. The van der Waals surface area contributed by atoms with Gasteiger partial charge < -0.3 is 10.6 Å². The summed E-state index contributed by atoms with van der Waals surface area (Å²) in [5.41, 5.74) is 7.58. The van der Waals surface area contributed by atoms with Crippen LogP contribution in [0, 0.1) is 12.8 Å². The molecule has 2 N–H and O–H groups in total. The molecule has 2 aromatic rings. The van der Waals surface area contributed by atoms with Gasteiger partial charge in [0.2, 0.25) is 0 Å². The van der Waals surface area contributed by atoms with E-state index in [0.29, 0.717) is 17.3 Å². The van der Waals surface area contributed by atoms with Crippen molar-refractivity contribution in [3.8, 4) is 0 Å². The van der Waals surface area contributed by atoms with Crippen LogP contribution >= 0.6 is 0 Å². The van der Waals surface area contributed by atoms with Crippen LogP contribution in [0.2, 0.25) is 0 Å². The van der Waals surface area contributed by atoms with Crippen molar-refractivity contribution in [3.05, 3.63) is 53.5 Å². The molecule has 0 radical (unpaired) electrons. The highest BCUT2D eigenvalue weighted by Gasteiger charge is 2.28. The highest BCUT2D eigenvalue weighted by Crippen LogP contribution is 2.23. The minimum Gasteiger partial charge on any atom is -0.383 e. The number of nitrogen functional groups attached to an aromatic ring is 1. The number of anilines is 1. The molecule has 114 valence electrons. The number of hydrogen-bond acceptors (Lipinski definition) is 4. The molecule has 1 aromatic heterocycles. The minimum absolute atomic E-state index is 0.0620. The van der Waals surface area contributed by atoms with Gasteiger partial charge in [0, 0.05) is 19.3 Å². The Kier molecular flexibility index (Phi) is 4.04. The van der Waals surface area contributed by atoms with Gasteiger partial charge in [0.15, 0.2) is 0 Å². The van der Waals surface area contributed by atoms with Crippen LogP contribution in [0.1, 0.15) is 28.2 Å². The minimum atomic E-state index is -0.0620. The molecule has 1 fully saturated rings. The summed E-state index contributed by atoms with van der Waals surface area (Å²) in [7, 11) is 0. The first-order valence-corrected chi connectivity index (χ1v) is 7.56. The van der Waals surface area contributed by atoms with E-state index in [1.54, 1.807) is 6.92 Å². The van der Waals surface area contributed by atoms with Gasteiger partial charge in [0.05, 0.1) is 0 Å². The highest BCUT2D eigenvalue weighted by molar-refractivity contribution is 5.98. The van der Waals surface area contributed by atoms with Gasteiger partial charge in [-0.15, -0.1) is 0 Å². The van der Waals surface area contributed by atoms with E-state index < -0.39 is 0 Å². The smallest absolute Gasteiger partial charge is 0.259 e. The molecule has 1 unspecified atom stereocenters. The summed E-state index contributed by atoms with van der Waals surface area (Å²) in [6.45, 7) is 3.29. The Bertz CT molecular complexity index is 672. The number of carbonyl (C=O) groups excluding carboxylic acids is 1. The number of nitrogens with two attached hydrogens (primary N) is 1. The summed E-state index contributed by atoms with van der Waals surface area (Å²) >= 11 is 0. The van der Waals surface area contributed by atoms with Crippen LogP contribution in [0.15, 0.2) is 36.5 Å². The van der Waals surface area contributed by atoms with Crippen molar-refractivity contribution in [2.24, 2.45) is 5.92 Å². The van der Waals surface area contributed by atoms with Crippen molar-refractivity contribution in [1.29, 1.82) is 0 Å². The highest BCUT2D eigenvalue weighted by atomic mass is 16.2. The molecule has 1 atom stereocenters. The Morgan fingerprint density at radius 1 is 1.36 bits per heavy atom. The molecule has 22 heavy (non-hydrogen) atoms.